The van der Waals surface area contributed by atoms with Crippen LogP contribution in [0.2, 0.25) is 0 Å². The van der Waals surface area contributed by atoms with Gasteiger partial charge in [-0.25, -0.2) is 0 Å². The summed E-state index contributed by atoms with van der Waals surface area (Å²) in [7, 11) is 4.61. The topological polar surface area (TPSA) is 36.7 Å². The number of hydrogen-bond donors (Lipinski definition) is 0. The van der Waals surface area contributed by atoms with Gasteiger partial charge in [0.1, 0.15) is 0 Å². The van der Waals surface area contributed by atoms with Crippen molar-refractivity contribution in [1.29, 1.82) is 5.26 Å². The SMILES string of the molecule is Cc1cccc(C)c1C#N.[Cl][Pt+].[c-]1cccc2ccc3cccnc3c12. The van der Waals surface area contributed by atoms with Crippen LogP contribution < -0.4 is 0 Å². The molecule has 0 aliphatic heterocycles. The molecule has 4 rings (SSSR count). The largest absolute Gasteiger partial charge is 0.304 e. The quantitative estimate of drug-likeness (QED) is 0.201. The van der Waals surface area contributed by atoms with Gasteiger partial charge in [-0.3, -0.25) is 0 Å². The molecule has 0 aliphatic carbocycles. The monoisotopic (exact) mass is 539 g/mol. The Morgan fingerprint density at radius 1 is 0.923 bits per heavy atom. The number of nitrogens with zero attached hydrogens (tertiary/aromatic N) is 2. The molecule has 0 spiro atoms. The predicted molar refractivity (Wildman–Crippen MR) is 105 cm³/mol. The number of hydrogen-bond acceptors (Lipinski definition) is 2. The number of benzene rings is 3. The number of pyridine rings is 1. The van der Waals surface area contributed by atoms with Gasteiger partial charge in [-0.2, -0.15) is 5.26 Å². The van der Waals surface area contributed by atoms with E-state index >= 15 is 0 Å². The molecule has 0 bridgehead atoms. The zero-order valence-electron chi connectivity index (χ0n) is 14.4. The molecule has 3 aromatic carbocycles. The van der Waals surface area contributed by atoms with E-state index in [9.17, 15) is 0 Å². The van der Waals surface area contributed by atoms with Crippen LogP contribution in [0.3, 0.4) is 0 Å². The fourth-order valence-corrected chi connectivity index (χ4v) is 2.73. The molecule has 132 valence electrons. The van der Waals surface area contributed by atoms with Gasteiger partial charge in [0.25, 0.3) is 0 Å². The Morgan fingerprint density at radius 2 is 1.58 bits per heavy atom. The third-order valence-electron chi connectivity index (χ3n) is 4.00. The third-order valence-corrected chi connectivity index (χ3v) is 4.00. The van der Waals surface area contributed by atoms with Crippen molar-refractivity contribution in [1.82, 2.24) is 4.98 Å². The van der Waals surface area contributed by atoms with E-state index in [4.69, 9.17) is 5.26 Å². The standard InChI is InChI=1S/C13H8N.C9H9N.ClH.Pt/c1-2-6-12-10(4-1)7-8-11-5-3-9-14-13(11)12;1-7-4-3-5-8(2)9(7)6-10;;/h1-5,7-9H;3-5H,1-2H3;1H;/q-1;;;+2/p-1. The average molecular weight is 540 g/mol. The van der Waals surface area contributed by atoms with E-state index in [1.165, 1.54) is 10.8 Å². The Kier molecular flexibility index (Phi) is 7.79. The van der Waals surface area contributed by atoms with E-state index in [2.05, 4.69) is 50.8 Å². The minimum Gasteiger partial charge on any atom is -0.304 e. The van der Waals surface area contributed by atoms with Crippen molar-refractivity contribution < 1.29 is 18.8 Å². The first-order valence-corrected chi connectivity index (χ1v) is 10.7. The Labute approximate surface area is 169 Å². The van der Waals surface area contributed by atoms with Gasteiger partial charge in [0.2, 0.25) is 0 Å². The van der Waals surface area contributed by atoms with Crippen molar-refractivity contribution in [2.75, 3.05) is 0 Å². The summed E-state index contributed by atoms with van der Waals surface area (Å²) in [6, 6.07) is 25.5. The molecule has 0 fully saturated rings. The molecule has 0 amide bonds. The van der Waals surface area contributed by atoms with E-state index in [1.54, 1.807) is 18.8 Å². The summed E-state index contributed by atoms with van der Waals surface area (Å²) in [6.45, 7) is 3.90. The minimum absolute atomic E-state index is 0.808. The van der Waals surface area contributed by atoms with Gasteiger partial charge >= 0.3 is 28.2 Å². The zero-order chi connectivity index (χ0) is 18.9. The zero-order valence-corrected chi connectivity index (χ0v) is 17.5. The van der Waals surface area contributed by atoms with Gasteiger partial charge in [0, 0.05) is 6.20 Å². The molecule has 0 radical (unpaired) electrons. The van der Waals surface area contributed by atoms with E-state index in [1.807, 2.05) is 56.4 Å². The summed E-state index contributed by atoms with van der Waals surface area (Å²) in [4.78, 5) is 4.38. The second-order valence-corrected chi connectivity index (χ2v) is 5.65. The number of fused-ring (bicyclic) bond motifs is 3. The maximum absolute atomic E-state index is 8.65. The van der Waals surface area contributed by atoms with Crippen molar-refractivity contribution in [3.8, 4) is 6.07 Å². The molecule has 0 aliphatic rings. The van der Waals surface area contributed by atoms with Gasteiger partial charge in [-0.1, -0.05) is 36.4 Å². The Bertz CT molecular complexity index is 980. The van der Waals surface area contributed by atoms with Crippen molar-refractivity contribution in [3.63, 3.8) is 0 Å². The van der Waals surface area contributed by atoms with Crippen LogP contribution in [0, 0.1) is 31.2 Å². The molecular weight excluding hydrogens is 523 g/mol. The third kappa shape index (κ3) is 4.70. The maximum atomic E-state index is 8.65. The van der Waals surface area contributed by atoms with Gasteiger partial charge in [-0.15, -0.1) is 35.0 Å². The molecular formula is C22H17ClN2Pt. The predicted octanol–water partition coefficient (Wildman–Crippen LogP) is 6.05. The summed E-state index contributed by atoms with van der Waals surface area (Å²) in [5, 5.41) is 12.1. The van der Waals surface area contributed by atoms with E-state index in [0.29, 0.717) is 0 Å². The molecule has 0 saturated heterocycles. The molecule has 4 heteroatoms. The fraction of sp³-hybridized carbons (Fsp3) is 0.0909. The smallest absolute Gasteiger partial charge is 0.0161 e. The first-order valence-electron chi connectivity index (χ1n) is 7.93. The molecule has 0 unspecified atom stereocenters. The summed E-state index contributed by atoms with van der Waals surface area (Å²) in [5.74, 6) is 0. The van der Waals surface area contributed by atoms with Crippen LogP contribution in [0.15, 0.2) is 66.9 Å². The molecule has 0 saturated carbocycles. The Morgan fingerprint density at radius 3 is 2.23 bits per heavy atom. The van der Waals surface area contributed by atoms with E-state index in [-0.39, 0.29) is 0 Å². The van der Waals surface area contributed by atoms with Crippen LogP contribution in [0.1, 0.15) is 16.7 Å². The second kappa shape index (κ2) is 10.1. The summed E-state index contributed by atoms with van der Waals surface area (Å²) >= 11 is 1.61. The summed E-state index contributed by atoms with van der Waals surface area (Å²) in [5.41, 5.74) is 3.96. The number of aromatic nitrogens is 1. The van der Waals surface area contributed by atoms with Crippen molar-refractivity contribution >= 4 is 31.1 Å². The fourth-order valence-electron chi connectivity index (χ4n) is 2.73. The normalized spacial score (nSPS) is 9.54. The summed E-state index contributed by atoms with van der Waals surface area (Å²) in [6.07, 6.45) is 1.82. The van der Waals surface area contributed by atoms with Gasteiger partial charge < -0.3 is 4.98 Å². The molecule has 0 N–H and O–H groups in total. The van der Waals surface area contributed by atoms with Crippen LogP contribution >= 0.6 is 9.42 Å². The van der Waals surface area contributed by atoms with Crippen LogP contribution in [0.25, 0.3) is 21.7 Å². The molecule has 2 nitrogen and oxygen atoms in total. The van der Waals surface area contributed by atoms with Gasteiger partial charge in [-0.05, 0) is 41.9 Å². The van der Waals surface area contributed by atoms with Gasteiger partial charge in [0.15, 0.2) is 0 Å². The van der Waals surface area contributed by atoms with Crippen LogP contribution in [0.4, 0.5) is 0 Å². The van der Waals surface area contributed by atoms with E-state index < -0.39 is 0 Å². The van der Waals surface area contributed by atoms with Crippen LogP contribution in [-0.2, 0) is 18.8 Å². The first kappa shape index (κ1) is 20.1. The summed E-state index contributed by atoms with van der Waals surface area (Å²) < 4.78 is 0. The van der Waals surface area contributed by atoms with Crippen LogP contribution in [-0.4, -0.2) is 4.98 Å². The second-order valence-electron chi connectivity index (χ2n) is 5.65. The number of rotatable bonds is 0. The maximum Gasteiger partial charge on any atom is 0.0161 e. The number of aryl methyl sites for hydroxylation is 2. The Hall–Kier alpha value is -2.20. The minimum atomic E-state index is 0.808. The average Bonchev–Trinajstić information content (AvgIpc) is 2.70. The van der Waals surface area contributed by atoms with Crippen molar-refractivity contribution in [2.24, 2.45) is 0 Å². The number of nitriles is 1. The van der Waals surface area contributed by atoms with Gasteiger partial charge in [0.05, 0.1) is 11.6 Å². The first-order chi connectivity index (χ1) is 12.7. The number of halogens is 1. The van der Waals surface area contributed by atoms with Crippen molar-refractivity contribution in [3.05, 3.63) is 89.6 Å². The van der Waals surface area contributed by atoms with Crippen molar-refractivity contribution in [2.45, 2.75) is 13.8 Å². The molecule has 4 aromatic rings. The van der Waals surface area contributed by atoms with E-state index in [0.717, 1.165) is 27.6 Å². The molecule has 1 heterocycles. The molecule has 1 aromatic heterocycles. The Balaban J connectivity index is 0.000000180. The van der Waals surface area contributed by atoms with Crippen LogP contribution in [0.5, 0.6) is 0 Å². The molecule has 26 heavy (non-hydrogen) atoms. The molecule has 0 atom stereocenters.